The molecule has 1 unspecified atom stereocenters. The third-order valence-corrected chi connectivity index (χ3v) is 8.32. The highest BCUT2D eigenvalue weighted by Gasteiger charge is 2.51. The van der Waals surface area contributed by atoms with Crippen molar-refractivity contribution in [2.75, 3.05) is 32.5 Å². The van der Waals surface area contributed by atoms with Crippen LogP contribution in [0, 0.1) is 11.3 Å². The van der Waals surface area contributed by atoms with Crippen molar-refractivity contribution >= 4 is 35.6 Å². The average molecular weight is 615 g/mol. The number of rotatable bonds is 11. The van der Waals surface area contributed by atoms with Gasteiger partial charge in [-0.15, -0.1) is 0 Å². The molecule has 0 aliphatic carbocycles. The number of carbonyl (C=O) groups excluding carboxylic acids is 3. The van der Waals surface area contributed by atoms with Crippen molar-refractivity contribution in [2.24, 2.45) is 11.3 Å². The minimum Gasteiger partial charge on any atom is -0.396 e. The van der Waals surface area contributed by atoms with Crippen molar-refractivity contribution in [2.45, 2.75) is 90.1 Å². The van der Waals surface area contributed by atoms with Gasteiger partial charge in [0.05, 0.1) is 17.9 Å². The number of carbonyl (C=O) groups is 3. The summed E-state index contributed by atoms with van der Waals surface area (Å²) in [5.41, 5.74) is 0.312. The largest absolute Gasteiger partial charge is 0.396 e. The molecule has 3 aliphatic rings. The molecule has 4 heterocycles. The first-order valence-electron chi connectivity index (χ1n) is 15.2. The van der Waals surface area contributed by atoms with Gasteiger partial charge in [0.2, 0.25) is 5.91 Å². The van der Waals surface area contributed by atoms with E-state index in [1.165, 1.54) is 27.8 Å². The molecule has 0 saturated carbocycles. The van der Waals surface area contributed by atoms with Crippen LogP contribution in [0.25, 0.3) is 6.08 Å². The number of unbranched alkanes of at least 4 members (excludes halogenated alkanes) is 1. The summed E-state index contributed by atoms with van der Waals surface area (Å²) in [7, 11) is 0. The summed E-state index contributed by atoms with van der Waals surface area (Å²) in [6.45, 7) is 12.7. The van der Waals surface area contributed by atoms with Gasteiger partial charge in [-0.3, -0.25) is 24.1 Å². The summed E-state index contributed by atoms with van der Waals surface area (Å²) in [6.07, 6.45) is 10.5. The molecule has 0 radical (unpaired) electrons. The molecular weight excluding hydrogens is 568 g/mol. The van der Waals surface area contributed by atoms with Gasteiger partial charge in [0.15, 0.2) is 17.1 Å². The van der Waals surface area contributed by atoms with Crippen LogP contribution in [-0.2, 0) is 19.2 Å². The molecule has 3 aliphatic heterocycles. The number of hydroxylamine groups is 2. The third-order valence-electron chi connectivity index (χ3n) is 7.76. The van der Waals surface area contributed by atoms with Gasteiger partial charge in [-0.05, 0) is 68.4 Å². The fourth-order valence-electron chi connectivity index (χ4n) is 5.73. The Morgan fingerprint density at radius 1 is 1.23 bits per heavy atom. The first kappa shape index (κ1) is 33.1. The van der Waals surface area contributed by atoms with Gasteiger partial charge in [-0.25, -0.2) is 9.97 Å². The lowest BCUT2D eigenvalue weighted by Gasteiger charge is -2.49. The standard InChI is InChI=1S/C31H46N6O5S/c1-21(2)17-25-29(41)36-24(18-31(3,4)5)28(40)35(23-12-15-34(19-23)14-7-8-16-38)20-26(36)37(42-25)27(39)10-9-22-11-13-32-30(33-22)43-6/h9-11,13,20-21,23-25,38H,7-8,12,14-19H2,1-6H3/b10-9+/t23?,24-,25+/m0/s1. The number of aliphatic hydroxyl groups excluding tert-OH is 1. The molecule has 0 bridgehead atoms. The lowest BCUT2D eigenvalue weighted by molar-refractivity contribution is -0.226. The van der Waals surface area contributed by atoms with Gasteiger partial charge < -0.3 is 14.9 Å². The smallest absolute Gasteiger partial charge is 0.276 e. The van der Waals surface area contributed by atoms with Crippen molar-refractivity contribution in [1.82, 2.24) is 29.7 Å². The lowest BCUT2D eigenvalue weighted by Crippen LogP contribution is -2.64. The molecule has 12 heteroatoms. The van der Waals surface area contributed by atoms with Crippen LogP contribution in [0.15, 0.2) is 35.5 Å². The molecule has 0 spiro atoms. The Morgan fingerprint density at radius 2 is 2.00 bits per heavy atom. The Bertz CT molecular complexity index is 1230. The van der Waals surface area contributed by atoms with E-state index in [0.29, 0.717) is 30.2 Å². The molecule has 236 valence electrons. The highest BCUT2D eigenvalue weighted by atomic mass is 32.2. The van der Waals surface area contributed by atoms with E-state index < -0.39 is 18.1 Å². The van der Waals surface area contributed by atoms with E-state index in [2.05, 4.69) is 14.9 Å². The fraction of sp³-hybridized carbons (Fsp3) is 0.645. The van der Waals surface area contributed by atoms with Gasteiger partial charge in [-0.1, -0.05) is 46.4 Å². The average Bonchev–Trinajstić information content (AvgIpc) is 3.42. The summed E-state index contributed by atoms with van der Waals surface area (Å²) in [4.78, 5) is 62.2. The van der Waals surface area contributed by atoms with E-state index in [4.69, 9.17) is 4.84 Å². The molecule has 43 heavy (non-hydrogen) atoms. The number of amides is 3. The maximum absolute atomic E-state index is 14.2. The van der Waals surface area contributed by atoms with Gasteiger partial charge in [0.25, 0.3) is 11.8 Å². The van der Waals surface area contributed by atoms with Crippen molar-refractivity contribution in [1.29, 1.82) is 0 Å². The highest BCUT2D eigenvalue weighted by Crippen LogP contribution is 2.37. The maximum Gasteiger partial charge on any atom is 0.276 e. The van der Waals surface area contributed by atoms with E-state index in [9.17, 15) is 19.5 Å². The second kappa shape index (κ2) is 14.3. The molecule has 2 fully saturated rings. The minimum absolute atomic E-state index is 0.0966. The first-order chi connectivity index (χ1) is 20.4. The second-order valence-corrected chi connectivity index (χ2v) is 13.8. The van der Waals surface area contributed by atoms with E-state index >= 15 is 0 Å². The molecule has 4 rings (SSSR count). The Hall–Kier alpha value is -2.80. The van der Waals surface area contributed by atoms with Crippen molar-refractivity contribution in [3.8, 4) is 0 Å². The zero-order valence-corrected chi connectivity index (χ0v) is 27.0. The molecular formula is C31H46N6O5S. The van der Waals surface area contributed by atoms with Crippen LogP contribution in [0.5, 0.6) is 0 Å². The highest BCUT2D eigenvalue weighted by molar-refractivity contribution is 7.98. The zero-order chi connectivity index (χ0) is 31.3. The number of hydrogen-bond donors (Lipinski definition) is 1. The van der Waals surface area contributed by atoms with Gasteiger partial charge >= 0.3 is 0 Å². The van der Waals surface area contributed by atoms with Crippen LogP contribution in [0.2, 0.25) is 0 Å². The molecule has 1 aromatic rings. The van der Waals surface area contributed by atoms with Gasteiger partial charge in [-0.2, -0.15) is 5.06 Å². The van der Waals surface area contributed by atoms with Crippen LogP contribution in [0.3, 0.4) is 0 Å². The first-order valence-corrected chi connectivity index (χ1v) is 16.4. The summed E-state index contributed by atoms with van der Waals surface area (Å²) >= 11 is 1.41. The van der Waals surface area contributed by atoms with Crippen molar-refractivity contribution < 1.29 is 24.3 Å². The van der Waals surface area contributed by atoms with Crippen LogP contribution in [0.1, 0.15) is 72.4 Å². The monoisotopic (exact) mass is 614 g/mol. The van der Waals surface area contributed by atoms with Crippen LogP contribution < -0.4 is 0 Å². The van der Waals surface area contributed by atoms with Gasteiger partial charge in [0, 0.05) is 32.0 Å². The number of hydrogen-bond acceptors (Lipinski definition) is 9. The minimum atomic E-state index is -0.896. The fourth-order valence-corrected chi connectivity index (χ4v) is 6.09. The number of nitrogens with zero attached hydrogens (tertiary/aromatic N) is 6. The van der Waals surface area contributed by atoms with E-state index in [1.54, 1.807) is 29.4 Å². The molecule has 11 nitrogen and oxygen atoms in total. The number of fused-ring (bicyclic) bond motifs is 1. The quantitative estimate of drug-likeness (QED) is 0.173. The Labute approximate surface area is 259 Å². The normalized spacial score (nSPS) is 23.5. The van der Waals surface area contributed by atoms with E-state index in [1.807, 2.05) is 40.9 Å². The van der Waals surface area contributed by atoms with Crippen molar-refractivity contribution in [3.63, 3.8) is 0 Å². The molecule has 2 saturated heterocycles. The SMILES string of the molecule is CSc1nccc(/C=C/C(=O)N2O[C@H](CC(C)C)C(=O)N3C2=CN(C2CCN(CCCCO)C2)C(=O)[C@@H]3CC(C)(C)C)n1. The molecule has 3 amide bonds. The molecule has 1 N–H and O–H groups in total. The topological polar surface area (TPSA) is 119 Å². The van der Waals surface area contributed by atoms with Crippen LogP contribution in [0.4, 0.5) is 0 Å². The second-order valence-electron chi connectivity index (χ2n) is 13.1. The number of aromatic nitrogens is 2. The van der Waals surface area contributed by atoms with Crippen LogP contribution in [-0.4, -0.2) is 103 Å². The zero-order valence-electron chi connectivity index (χ0n) is 26.2. The summed E-state index contributed by atoms with van der Waals surface area (Å²) < 4.78 is 0. The predicted molar refractivity (Wildman–Crippen MR) is 165 cm³/mol. The van der Waals surface area contributed by atoms with Crippen LogP contribution >= 0.6 is 11.8 Å². The Balaban J connectivity index is 1.71. The number of aliphatic hydroxyl groups is 1. The summed E-state index contributed by atoms with van der Waals surface area (Å²) in [5.74, 6) is -0.505. The Kier molecular flexibility index (Phi) is 11.0. The third kappa shape index (κ3) is 8.23. The number of thioether (sulfide) groups is 1. The maximum atomic E-state index is 14.2. The number of likely N-dealkylation sites (tertiary alicyclic amines) is 1. The van der Waals surface area contributed by atoms with E-state index in [-0.39, 0.29) is 41.6 Å². The van der Waals surface area contributed by atoms with Gasteiger partial charge in [0.1, 0.15) is 6.04 Å². The summed E-state index contributed by atoms with van der Waals surface area (Å²) in [5, 5.41) is 11.0. The lowest BCUT2D eigenvalue weighted by atomic mass is 9.85. The van der Waals surface area contributed by atoms with E-state index in [0.717, 1.165) is 32.4 Å². The van der Waals surface area contributed by atoms with Crippen molar-refractivity contribution in [3.05, 3.63) is 36.1 Å². The Morgan fingerprint density at radius 3 is 2.67 bits per heavy atom. The molecule has 3 atom stereocenters. The summed E-state index contributed by atoms with van der Waals surface area (Å²) in [6, 6.07) is 0.852. The predicted octanol–water partition coefficient (Wildman–Crippen LogP) is 3.52. The molecule has 0 aromatic carbocycles. The molecule has 1 aromatic heterocycles.